The van der Waals surface area contributed by atoms with Gasteiger partial charge in [0.1, 0.15) is 17.7 Å². The number of hydrogen-bond donors (Lipinski definition) is 1. The number of aromatic nitrogens is 1. The Morgan fingerprint density at radius 3 is 2.93 bits per heavy atom. The van der Waals surface area contributed by atoms with Crippen LogP contribution in [0.2, 0.25) is 0 Å². The largest absolute Gasteiger partial charge is 0.478 e. The molecule has 15 heavy (non-hydrogen) atoms. The molecule has 0 unspecified atom stereocenters. The van der Waals surface area contributed by atoms with Gasteiger partial charge in [0.25, 0.3) is 0 Å². The Morgan fingerprint density at radius 2 is 2.27 bits per heavy atom. The van der Waals surface area contributed by atoms with Gasteiger partial charge >= 0.3 is 0 Å². The maximum Gasteiger partial charge on any atom is 0.212 e. The van der Waals surface area contributed by atoms with Gasteiger partial charge in [-0.15, -0.1) is 0 Å². The first kappa shape index (κ1) is 10.4. The Balaban J connectivity index is 2.06. The van der Waals surface area contributed by atoms with Crippen molar-refractivity contribution in [3.05, 3.63) is 11.3 Å². The third-order valence-electron chi connectivity index (χ3n) is 2.50. The smallest absolute Gasteiger partial charge is 0.212 e. The Bertz CT molecular complexity index is 377. The van der Waals surface area contributed by atoms with Crippen molar-refractivity contribution < 1.29 is 4.74 Å². The summed E-state index contributed by atoms with van der Waals surface area (Å²) in [5, 5.41) is 12.9. The van der Waals surface area contributed by atoms with E-state index >= 15 is 0 Å². The van der Waals surface area contributed by atoms with Crippen molar-refractivity contribution in [2.24, 2.45) is 0 Å². The second-order valence-electron chi connectivity index (χ2n) is 3.61. The number of ether oxygens (including phenoxy) is 1. The molecule has 2 rings (SSSR count). The van der Waals surface area contributed by atoms with Gasteiger partial charge in [-0.05, 0) is 32.9 Å². The summed E-state index contributed by atoms with van der Waals surface area (Å²) in [7, 11) is 0. The van der Waals surface area contributed by atoms with Crippen LogP contribution in [-0.2, 0) is 0 Å². The topological polar surface area (TPSA) is 57.9 Å². The average Bonchev–Trinajstić information content (AvgIpc) is 2.61. The molecule has 0 bridgehead atoms. The van der Waals surface area contributed by atoms with Crippen LogP contribution in [0, 0.1) is 18.3 Å². The number of nitrogens with one attached hydrogen (secondary N) is 1. The molecule has 5 heteroatoms. The van der Waals surface area contributed by atoms with E-state index < -0.39 is 0 Å². The molecular weight excluding hydrogens is 210 g/mol. The van der Waals surface area contributed by atoms with Crippen LogP contribution >= 0.6 is 11.5 Å². The van der Waals surface area contributed by atoms with Crippen LogP contribution in [0.15, 0.2) is 0 Å². The second-order valence-corrected chi connectivity index (χ2v) is 4.35. The summed E-state index contributed by atoms with van der Waals surface area (Å²) in [6, 6.07) is 2.14. The SMILES string of the molecule is Cc1nsc(OC2CCNCC2)c1C#N. The predicted molar refractivity (Wildman–Crippen MR) is 58.1 cm³/mol. The third-order valence-corrected chi connectivity index (χ3v) is 3.33. The van der Waals surface area contributed by atoms with Gasteiger partial charge in [0, 0.05) is 11.5 Å². The monoisotopic (exact) mass is 223 g/mol. The first-order chi connectivity index (χ1) is 7.31. The van der Waals surface area contributed by atoms with E-state index in [2.05, 4.69) is 15.8 Å². The van der Waals surface area contributed by atoms with E-state index in [-0.39, 0.29) is 6.10 Å². The van der Waals surface area contributed by atoms with Crippen LogP contribution in [0.5, 0.6) is 5.06 Å². The number of rotatable bonds is 2. The van der Waals surface area contributed by atoms with E-state index in [1.54, 1.807) is 0 Å². The Labute approximate surface area is 93.0 Å². The van der Waals surface area contributed by atoms with E-state index in [4.69, 9.17) is 10.00 Å². The van der Waals surface area contributed by atoms with Gasteiger partial charge in [-0.25, -0.2) is 0 Å². The van der Waals surface area contributed by atoms with Crippen molar-refractivity contribution in [3.63, 3.8) is 0 Å². The van der Waals surface area contributed by atoms with Gasteiger partial charge in [-0.1, -0.05) is 0 Å². The van der Waals surface area contributed by atoms with Gasteiger partial charge < -0.3 is 10.1 Å². The zero-order valence-corrected chi connectivity index (χ0v) is 9.43. The molecule has 0 aliphatic carbocycles. The molecule has 0 spiro atoms. The van der Waals surface area contributed by atoms with Crippen molar-refractivity contribution in [1.29, 1.82) is 5.26 Å². The Kier molecular flexibility index (Phi) is 3.19. The van der Waals surface area contributed by atoms with E-state index in [1.165, 1.54) is 11.5 Å². The summed E-state index contributed by atoms with van der Waals surface area (Å²) in [4.78, 5) is 0. The zero-order chi connectivity index (χ0) is 10.7. The van der Waals surface area contributed by atoms with Crippen LogP contribution in [0.25, 0.3) is 0 Å². The number of piperidine rings is 1. The summed E-state index contributed by atoms with van der Waals surface area (Å²) in [6.45, 7) is 3.82. The van der Waals surface area contributed by atoms with Gasteiger partial charge in [-0.3, -0.25) is 0 Å². The minimum absolute atomic E-state index is 0.234. The van der Waals surface area contributed by atoms with Crippen LogP contribution in [-0.4, -0.2) is 23.6 Å². The highest BCUT2D eigenvalue weighted by Crippen LogP contribution is 2.28. The minimum atomic E-state index is 0.234. The number of nitriles is 1. The van der Waals surface area contributed by atoms with E-state index in [0.717, 1.165) is 31.6 Å². The summed E-state index contributed by atoms with van der Waals surface area (Å²) in [5.41, 5.74) is 1.37. The predicted octanol–water partition coefficient (Wildman–Crippen LogP) is 1.45. The lowest BCUT2D eigenvalue weighted by Crippen LogP contribution is -2.34. The molecule has 0 amide bonds. The molecule has 2 heterocycles. The van der Waals surface area contributed by atoms with Gasteiger partial charge in [0.15, 0.2) is 0 Å². The fraction of sp³-hybridized carbons (Fsp3) is 0.600. The Hall–Kier alpha value is -1.12. The molecule has 1 aliphatic rings. The highest BCUT2D eigenvalue weighted by Gasteiger charge is 2.18. The summed E-state index contributed by atoms with van der Waals surface area (Å²) in [6.07, 6.45) is 2.24. The quantitative estimate of drug-likeness (QED) is 0.824. The maximum absolute atomic E-state index is 8.94. The molecule has 1 N–H and O–H groups in total. The van der Waals surface area contributed by atoms with E-state index in [0.29, 0.717) is 10.6 Å². The molecule has 80 valence electrons. The van der Waals surface area contributed by atoms with Crippen LogP contribution in [0.4, 0.5) is 0 Å². The molecule has 1 saturated heterocycles. The second kappa shape index (κ2) is 4.60. The normalized spacial score (nSPS) is 17.3. The molecule has 0 radical (unpaired) electrons. The van der Waals surface area contributed by atoms with Crippen molar-refractivity contribution >= 4 is 11.5 Å². The highest BCUT2D eigenvalue weighted by atomic mass is 32.1. The van der Waals surface area contributed by atoms with Crippen LogP contribution in [0.3, 0.4) is 0 Å². The van der Waals surface area contributed by atoms with Gasteiger partial charge in [0.2, 0.25) is 5.06 Å². The number of hydrogen-bond acceptors (Lipinski definition) is 5. The molecule has 1 aromatic rings. The van der Waals surface area contributed by atoms with Crippen LogP contribution in [0.1, 0.15) is 24.1 Å². The van der Waals surface area contributed by atoms with Gasteiger partial charge in [-0.2, -0.15) is 9.64 Å². The lowest BCUT2D eigenvalue weighted by molar-refractivity contribution is 0.167. The van der Waals surface area contributed by atoms with Crippen molar-refractivity contribution in [2.75, 3.05) is 13.1 Å². The average molecular weight is 223 g/mol. The number of nitrogens with zero attached hydrogens (tertiary/aromatic N) is 2. The molecule has 0 atom stereocenters. The van der Waals surface area contributed by atoms with Crippen molar-refractivity contribution in [3.8, 4) is 11.1 Å². The molecule has 0 saturated carbocycles. The molecule has 4 nitrogen and oxygen atoms in total. The van der Waals surface area contributed by atoms with E-state index in [9.17, 15) is 0 Å². The summed E-state index contributed by atoms with van der Waals surface area (Å²) in [5.74, 6) is 0. The van der Waals surface area contributed by atoms with Crippen LogP contribution < -0.4 is 10.1 Å². The third kappa shape index (κ3) is 2.28. The van der Waals surface area contributed by atoms with Gasteiger partial charge in [0.05, 0.1) is 5.69 Å². The molecule has 1 aromatic heterocycles. The highest BCUT2D eigenvalue weighted by molar-refractivity contribution is 7.08. The lowest BCUT2D eigenvalue weighted by Gasteiger charge is -2.22. The number of aryl methyl sites for hydroxylation is 1. The van der Waals surface area contributed by atoms with E-state index in [1.807, 2.05) is 6.92 Å². The maximum atomic E-state index is 8.94. The summed E-state index contributed by atoms with van der Waals surface area (Å²) >= 11 is 1.28. The minimum Gasteiger partial charge on any atom is -0.478 e. The zero-order valence-electron chi connectivity index (χ0n) is 8.62. The molecular formula is C10H13N3OS. The standard InChI is InChI=1S/C10H13N3OS/c1-7-9(6-11)10(15-13-7)14-8-2-4-12-5-3-8/h8,12H,2-5H2,1H3. The van der Waals surface area contributed by atoms with Crippen molar-refractivity contribution in [1.82, 2.24) is 9.69 Å². The molecule has 0 aromatic carbocycles. The molecule has 1 fully saturated rings. The van der Waals surface area contributed by atoms with Crippen molar-refractivity contribution in [2.45, 2.75) is 25.9 Å². The first-order valence-electron chi connectivity index (χ1n) is 5.05. The lowest BCUT2D eigenvalue weighted by atomic mass is 10.1. The summed E-state index contributed by atoms with van der Waals surface area (Å²) < 4.78 is 9.92. The fourth-order valence-corrected chi connectivity index (χ4v) is 2.40. The fourth-order valence-electron chi connectivity index (χ4n) is 1.62. The first-order valence-corrected chi connectivity index (χ1v) is 5.82. The molecule has 1 aliphatic heterocycles. The Morgan fingerprint density at radius 1 is 1.53 bits per heavy atom.